The lowest BCUT2D eigenvalue weighted by atomic mass is 10.2. The number of halogens is 3. The van der Waals surface area contributed by atoms with Crippen molar-refractivity contribution < 1.29 is 4.74 Å². The second kappa shape index (κ2) is 6.61. The molecule has 0 spiro atoms. The zero-order valence-corrected chi connectivity index (χ0v) is 13.6. The summed E-state index contributed by atoms with van der Waals surface area (Å²) in [6.07, 6.45) is 5.22. The minimum absolute atomic E-state index is 0.375. The van der Waals surface area contributed by atoms with Gasteiger partial charge >= 0.3 is 0 Å². The summed E-state index contributed by atoms with van der Waals surface area (Å²) in [6, 6.07) is 10.9. The van der Waals surface area contributed by atoms with Gasteiger partial charge in [0.05, 0.1) is 22.1 Å². The molecule has 1 heterocycles. The molecule has 0 fully saturated rings. The van der Waals surface area contributed by atoms with E-state index >= 15 is 0 Å². The van der Waals surface area contributed by atoms with Crippen LogP contribution in [0.3, 0.4) is 0 Å². The first-order valence-corrected chi connectivity index (χ1v) is 7.61. The number of ether oxygens (including phenoxy) is 1. The summed E-state index contributed by atoms with van der Waals surface area (Å²) >= 11 is 18.0. The zero-order chi connectivity index (χ0) is 15.5. The molecule has 3 aromatic rings. The molecule has 0 aliphatic heterocycles. The van der Waals surface area contributed by atoms with Crippen LogP contribution in [-0.2, 0) is 6.61 Å². The van der Waals surface area contributed by atoms with Crippen LogP contribution in [0.15, 0.2) is 55.1 Å². The molecule has 0 saturated carbocycles. The SMILES string of the molecule is Clc1ccc(OCc2ccc(Cl)c(Cl)c2)c(-n2ccnc2)c1. The van der Waals surface area contributed by atoms with Crippen LogP contribution in [0, 0.1) is 0 Å². The normalized spacial score (nSPS) is 10.7. The van der Waals surface area contributed by atoms with Gasteiger partial charge in [-0.3, -0.25) is 0 Å². The lowest BCUT2D eigenvalue weighted by Gasteiger charge is -2.13. The number of benzene rings is 2. The Hall–Kier alpha value is -1.68. The average molecular weight is 354 g/mol. The molecule has 0 aliphatic carbocycles. The van der Waals surface area contributed by atoms with Crippen LogP contribution in [0.25, 0.3) is 5.69 Å². The number of rotatable bonds is 4. The fourth-order valence-electron chi connectivity index (χ4n) is 2.01. The van der Waals surface area contributed by atoms with Crippen LogP contribution in [0.1, 0.15) is 5.56 Å². The van der Waals surface area contributed by atoms with Crippen molar-refractivity contribution in [3.63, 3.8) is 0 Å². The summed E-state index contributed by atoms with van der Waals surface area (Å²) in [7, 11) is 0. The summed E-state index contributed by atoms with van der Waals surface area (Å²) in [5, 5.41) is 1.66. The maximum atomic E-state index is 6.07. The molecule has 0 saturated heterocycles. The molecule has 22 heavy (non-hydrogen) atoms. The first-order valence-electron chi connectivity index (χ1n) is 6.48. The first kappa shape index (κ1) is 15.2. The van der Waals surface area contributed by atoms with Gasteiger partial charge in [0.2, 0.25) is 0 Å². The van der Waals surface area contributed by atoms with E-state index in [1.165, 1.54) is 0 Å². The molecule has 0 aliphatic rings. The molecule has 0 radical (unpaired) electrons. The summed E-state index contributed by atoms with van der Waals surface area (Å²) < 4.78 is 7.73. The average Bonchev–Trinajstić information content (AvgIpc) is 3.03. The third-order valence-corrected chi connectivity index (χ3v) is 4.06. The third-order valence-electron chi connectivity index (χ3n) is 3.08. The third kappa shape index (κ3) is 3.38. The highest BCUT2D eigenvalue weighted by atomic mass is 35.5. The second-order valence-electron chi connectivity index (χ2n) is 4.62. The predicted octanol–water partition coefficient (Wildman–Crippen LogP) is 5.41. The molecule has 0 amide bonds. The van der Waals surface area contributed by atoms with Crippen molar-refractivity contribution in [1.29, 1.82) is 0 Å². The number of nitrogens with zero attached hydrogens (tertiary/aromatic N) is 2. The van der Waals surface area contributed by atoms with Crippen LogP contribution >= 0.6 is 34.8 Å². The van der Waals surface area contributed by atoms with Gasteiger partial charge in [-0.1, -0.05) is 40.9 Å². The van der Waals surface area contributed by atoms with Gasteiger partial charge in [0.1, 0.15) is 12.4 Å². The fourth-order valence-corrected chi connectivity index (χ4v) is 2.49. The quantitative estimate of drug-likeness (QED) is 0.627. The van der Waals surface area contributed by atoms with Crippen molar-refractivity contribution in [3.8, 4) is 11.4 Å². The molecule has 0 atom stereocenters. The van der Waals surface area contributed by atoms with Gasteiger partial charge < -0.3 is 9.30 Å². The van der Waals surface area contributed by atoms with E-state index in [4.69, 9.17) is 39.5 Å². The molecule has 0 unspecified atom stereocenters. The predicted molar refractivity (Wildman–Crippen MR) is 89.4 cm³/mol. The van der Waals surface area contributed by atoms with Gasteiger partial charge in [-0.15, -0.1) is 0 Å². The van der Waals surface area contributed by atoms with E-state index < -0.39 is 0 Å². The molecule has 1 aromatic heterocycles. The van der Waals surface area contributed by atoms with Crippen LogP contribution in [0.5, 0.6) is 5.75 Å². The van der Waals surface area contributed by atoms with Crippen molar-refractivity contribution >= 4 is 34.8 Å². The van der Waals surface area contributed by atoms with Gasteiger partial charge in [-0.05, 0) is 35.9 Å². The van der Waals surface area contributed by atoms with Crippen molar-refractivity contribution in [2.24, 2.45) is 0 Å². The van der Waals surface area contributed by atoms with E-state index in [9.17, 15) is 0 Å². The molecule has 112 valence electrons. The molecular formula is C16H11Cl3N2O. The largest absolute Gasteiger partial charge is 0.487 e. The van der Waals surface area contributed by atoms with E-state index in [1.54, 1.807) is 30.7 Å². The van der Waals surface area contributed by atoms with Gasteiger partial charge in [0.25, 0.3) is 0 Å². The number of hydrogen-bond acceptors (Lipinski definition) is 2. The molecule has 6 heteroatoms. The summed E-state index contributed by atoms with van der Waals surface area (Å²) in [4.78, 5) is 4.04. The summed E-state index contributed by atoms with van der Waals surface area (Å²) in [6.45, 7) is 0.375. The maximum absolute atomic E-state index is 6.07. The molecule has 2 aromatic carbocycles. The highest BCUT2D eigenvalue weighted by Gasteiger charge is 2.08. The highest BCUT2D eigenvalue weighted by molar-refractivity contribution is 6.42. The van der Waals surface area contributed by atoms with E-state index in [0.29, 0.717) is 27.4 Å². The molecule has 0 bridgehead atoms. The van der Waals surface area contributed by atoms with Gasteiger partial charge in [-0.2, -0.15) is 0 Å². The lowest BCUT2D eigenvalue weighted by Crippen LogP contribution is -2.00. The summed E-state index contributed by atoms with van der Waals surface area (Å²) in [5.41, 5.74) is 1.76. The van der Waals surface area contributed by atoms with Gasteiger partial charge in [0, 0.05) is 17.4 Å². The first-order chi connectivity index (χ1) is 10.6. The van der Waals surface area contributed by atoms with Crippen LogP contribution < -0.4 is 4.74 Å². The molecular weight excluding hydrogens is 343 g/mol. The smallest absolute Gasteiger partial charge is 0.143 e. The second-order valence-corrected chi connectivity index (χ2v) is 5.87. The minimum atomic E-state index is 0.375. The Kier molecular flexibility index (Phi) is 4.57. The Labute approximate surface area is 143 Å². The maximum Gasteiger partial charge on any atom is 0.143 e. The summed E-state index contributed by atoms with van der Waals surface area (Å²) in [5.74, 6) is 0.702. The molecule has 3 rings (SSSR count). The van der Waals surface area contributed by atoms with Gasteiger partial charge in [0.15, 0.2) is 0 Å². The van der Waals surface area contributed by atoms with E-state index in [1.807, 2.05) is 29.0 Å². The Bertz CT molecular complexity index is 788. The van der Waals surface area contributed by atoms with E-state index in [-0.39, 0.29) is 0 Å². The van der Waals surface area contributed by atoms with Crippen molar-refractivity contribution in [2.75, 3.05) is 0 Å². The van der Waals surface area contributed by atoms with Crippen molar-refractivity contribution in [3.05, 3.63) is 75.8 Å². The Morgan fingerprint density at radius 2 is 1.86 bits per heavy atom. The topological polar surface area (TPSA) is 27.1 Å². The zero-order valence-electron chi connectivity index (χ0n) is 11.3. The molecule has 3 nitrogen and oxygen atoms in total. The van der Waals surface area contributed by atoms with Crippen molar-refractivity contribution in [2.45, 2.75) is 6.61 Å². The number of hydrogen-bond donors (Lipinski definition) is 0. The van der Waals surface area contributed by atoms with Gasteiger partial charge in [-0.25, -0.2) is 4.98 Å². The van der Waals surface area contributed by atoms with Crippen molar-refractivity contribution in [1.82, 2.24) is 9.55 Å². The standard InChI is InChI=1S/C16H11Cl3N2O/c17-12-2-4-16(15(8-12)21-6-5-20-10-21)22-9-11-1-3-13(18)14(19)7-11/h1-8,10H,9H2. The number of imidazole rings is 1. The monoisotopic (exact) mass is 352 g/mol. The van der Waals surface area contributed by atoms with Crippen LogP contribution in [-0.4, -0.2) is 9.55 Å². The number of aromatic nitrogens is 2. The van der Waals surface area contributed by atoms with Crippen LogP contribution in [0.2, 0.25) is 15.1 Å². The lowest BCUT2D eigenvalue weighted by molar-refractivity contribution is 0.305. The van der Waals surface area contributed by atoms with E-state index in [2.05, 4.69) is 4.98 Å². The molecule has 0 N–H and O–H groups in total. The van der Waals surface area contributed by atoms with E-state index in [0.717, 1.165) is 11.3 Å². The Morgan fingerprint density at radius 3 is 2.59 bits per heavy atom. The Balaban J connectivity index is 1.84. The van der Waals surface area contributed by atoms with Crippen LogP contribution in [0.4, 0.5) is 0 Å². The minimum Gasteiger partial charge on any atom is -0.487 e. The fraction of sp³-hybridized carbons (Fsp3) is 0.0625. The Morgan fingerprint density at radius 1 is 1.00 bits per heavy atom. The highest BCUT2D eigenvalue weighted by Crippen LogP contribution is 2.28.